The van der Waals surface area contributed by atoms with E-state index in [4.69, 9.17) is 4.74 Å². The number of guanidine groups is 1. The Bertz CT molecular complexity index is 825. The van der Waals surface area contributed by atoms with E-state index in [1.165, 1.54) is 6.33 Å². The predicted octanol–water partition coefficient (Wildman–Crippen LogP) is 2.14. The van der Waals surface area contributed by atoms with E-state index in [0.29, 0.717) is 13.1 Å². The Kier molecular flexibility index (Phi) is 5.82. The van der Waals surface area contributed by atoms with Crippen LogP contribution in [-0.2, 0) is 13.1 Å². The molecule has 134 valence electrons. The molecule has 0 atom stereocenters. The highest BCUT2D eigenvalue weighted by atomic mass is 16.5. The Hall–Kier alpha value is -3.35. The third kappa shape index (κ3) is 4.60. The van der Waals surface area contributed by atoms with Crippen molar-refractivity contribution in [1.29, 1.82) is 0 Å². The molecule has 2 aromatic carbocycles. The highest BCUT2D eigenvalue weighted by Crippen LogP contribution is 2.11. The van der Waals surface area contributed by atoms with E-state index in [-0.39, 0.29) is 0 Å². The van der Waals surface area contributed by atoms with Crippen molar-refractivity contribution in [2.75, 3.05) is 14.2 Å². The molecule has 0 saturated carbocycles. The standard InChI is InChI=1S/C19H22N6O/c1-20-19(23-12-16-5-9-18(26-2)10-6-16)22-11-15-3-7-17(8-4-15)25-14-21-13-24-25/h3-10,13-14H,11-12H2,1-2H3,(H2,20,22,23). The van der Waals surface area contributed by atoms with Crippen LogP contribution in [0.5, 0.6) is 5.75 Å². The second-order valence-corrected chi connectivity index (χ2v) is 5.63. The van der Waals surface area contributed by atoms with Crippen LogP contribution in [0.1, 0.15) is 11.1 Å². The number of ether oxygens (including phenoxy) is 1. The number of aromatic nitrogens is 3. The molecule has 0 fully saturated rings. The number of hydrogen-bond acceptors (Lipinski definition) is 4. The summed E-state index contributed by atoms with van der Waals surface area (Å²) in [4.78, 5) is 8.21. The van der Waals surface area contributed by atoms with Crippen LogP contribution in [0.4, 0.5) is 0 Å². The lowest BCUT2D eigenvalue weighted by Gasteiger charge is -2.12. The van der Waals surface area contributed by atoms with Crippen molar-refractivity contribution >= 4 is 5.96 Å². The number of aliphatic imine (C=N–C) groups is 1. The Balaban J connectivity index is 1.50. The summed E-state index contributed by atoms with van der Waals surface area (Å²) in [5, 5.41) is 10.7. The van der Waals surface area contributed by atoms with Crippen molar-refractivity contribution in [2.45, 2.75) is 13.1 Å². The monoisotopic (exact) mass is 350 g/mol. The Morgan fingerprint density at radius 2 is 1.62 bits per heavy atom. The van der Waals surface area contributed by atoms with Crippen molar-refractivity contribution in [1.82, 2.24) is 25.4 Å². The van der Waals surface area contributed by atoms with Gasteiger partial charge in [-0.25, -0.2) is 9.67 Å². The normalized spacial score (nSPS) is 11.2. The van der Waals surface area contributed by atoms with Crippen LogP contribution < -0.4 is 15.4 Å². The van der Waals surface area contributed by atoms with Gasteiger partial charge >= 0.3 is 0 Å². The van der Waals surface area contributed by atoms with Crippen LogP contribution in [0.15, 0.2) is 66.2 Å². The summed E-state index contributed by atoms with van der Waals surface area (Å²) in [6.07, 6.45) is 3.20. The van der Waals surface area contributed by atoms with Crippen LogP contribution in [0, 0.1) is 0 Å². The van der Waals surface area contributed by atoms with Crippen molar-refractivity contribution in [2.24, 2.45) is 4.99 Å². The van der Waals surface area contributed by atoms with E-state index >= 15 is 0 Å². The topological polar surface area (TPSA) is 76.4 Å². The molecule has 0 bridgehead atoms. The third-order valence-electron chi connectivity index (χ3n) is 3.92. The molecule has 0 amide bonds. The Labute approximate surface area is 152 Å². The van der Waals surface area contributed by atoms with E-state index in [2.05, 4.69) is 37.8 Å². The molecule has 0 radical (unpaired) electrons. The van der Waals surface area contributed by atoms with Gasteiger partial charge in [0, 0.05) is 20.1 Å². The zero-order chi connectivity index (χ0) is 18.2. The van der Waals surface area contributed by atoms with E-state index < -0.39 is 0 Å². The highest BCUT2D eigenvalue weighted by Gasteiger charge is 2.01. The fourth-order valence-corrected chi connectivity index (χ4v) is 2.44. The van der Waals surface area contributed by atoms with E-state index in [1.54, 1.807) is 25.2 Å². The van der Waals surface area contributed by atoms with E-state index in [9.17, 15) is 0 Å². The second kappa shape index (κ2) is 8.66. The fourth-order valence-electron chi connectivity index (χ4n) is 2.44. The predicted molar refractivity (Wildman–Crippen MR) is 101 cm³/mol. The number of nitrogens with one attached hydrogen (secondary N) is 2. The molecule has 2 N–H and O–H groups in total. The summed E-state index contributed by atoms with van der Waals surface area (Å²) in [5.41, 5.74) is 3.29. The molecule has 0 spiro atoms. The Morgan fingerprint density at radius 3 is 2.12 bits per heavy atom. The summed E-state index contributed by atoms with van der Waals surface area (Å²) in [6, 6.07) is 16.1. The van der Waals surface area contributed by atoms with Crippen LogP contribution >= 0.6 is 0 Å². The minimum Gasteiger partial charge on any atom is -0.497 e. The van der Waals surface area contributed by atoms with Crippen LogP contribution in [0.3, 0.4) is 0 Å². The lowest BCUT2D eigenvalue weighted by Crippen LogP contribution is -2.36. The van der Waals surface area contributed by atoms with Gasteiger partial charge in [0.2, 0.25) is 0 Å². The van der Waals surface area contributed by atoms with Gasteiger partial charge in [0.25, 0.3) is 0 Å². The number of methoxy groups -OCH3 is 1. The van der Waals surface area contributed by atoms with Crippen LogP contribution in [0.25, 0.3) is 5.69 Å². The quantitative estimate of drug-likeness (QED) is 0.526. The molecule has 3 aromatic rings. The molecule has 1 heterocycles. The van der Waals surface area contributed by atoms with Crippen molar-refractivity contribution in [3.8, 4) is 11.4 Å². The third-order valence-corrected chi connectivity index (χ3v) is 3.92. The number of hydrogen-bond donors (Lipinski definition) is 2. The summed E-state index contributed by atoms with van der Waals surface area (Å²) >= 11 is 0. The molecule has 7 nitrogen and oxygen atoms in total. The molecule has 0 saturated heterocycles. The first kappa shape index (κ1) is 17.5. The molecule has 1 aromatic heterocycles. The summed E-state index contributed by atoms with van der Waals surface area (Å²) in [5.74, 6) is 1.60. The summed E-state index contributed by atoms with van der Waals surface area (Å²) in [6.45, 7) is 1.37. The first-order chi connectivity index (χ1) is 12.8. The van der Waals surface area contributed by atoms with Crippen molar-refractivity contribution in [3.05, 3.63) is 72.3 Å². The van der Waals surface area contributed by atoms with Gasteiger partial charge in [0.1, 0.15) is 18.4 Å². The van der Waals surface area contributed by atoms with Crippen molar-refractivity contribution < 1.29 is 4.74 Å². The minimum atomic E-state index is 0.680. The van der Waals surface area contributed by atoms with E-state index in [0.717, 1.165) is 28.5 Å². The highest BCUT2D eigenvalue weighted by molar-refractivity contribution is 5.79. The number of rotatable bonds is 6. The molecule has 26 heavy (non-hydrogen) atoms. The molecule has 3 rings (SSSR count). The first-order valence-electron chi connectivity index (χ1n) is 8.30. The van der Waals surface area contributed by atoms with Crippen LogP contribution in [-0.4, -0.2) is 34.9 Å². The van der Waals surface area contributed by atoms with Gasteiger partial charge in [-0.3, -0.25) is 4.99 Å². The zero-order valence-electron chi connectivity index (χ0n) is 14.9. The molecule has 7 heteroatoms. The summed E-state index contributed by atoms with van der Waals surface area (Å²) < 4.78 is 6.90. The average molecular weight is 350 g/mol. The zero-order valence-corrected chi connectivity index (χ0v) is 14.9. The molecule has 0 unspecified atom stereocenters. The number of nitrogens with zero attached hydrogens (tertiary/aromatic N) is 4. The van der Waals surface area contributed by atoms with Gasteiger partial charge in [-0.2, -0.15) is 5.10 Å². The van der Waals surface area contributed by atoms with Gasteiger partial charge in [0.15, 0.2) is 5.96 Å². The fraction of sp³-hybridized carbons (Fsp3) is 0.211. The van der Waals surface area contributed by atoms with Gasteiger partial charge in [0.05, 0.1) is 12.8 Å². The largest absolute Gasteiger partial charge is 0.497 e. The Morgan fingerprint density at radius 1 is 1.00 bits per heavy atom. The van der Waals surface area contributed by atoms with Crippen molar-refractivity contribution in [3.63, 3.8) is 0 Å². The summed E-state index contributed by atoms with van der Waals surface area (Å²) in [7, 11) is 3.43. The van der Waals surface area contributed by atoms with Crippen LogP contribution in [0.2, 0.25) is 0 Å². The smallest absolute Gasteiger partial charge is 0.191 e. The maximum Gasteiger partial charge on any atom is 0.191 e. The van der Waals surface area contributed by atoms with E-state index in [1.807, 2.05) is 36.4 Å². The van der Waals surface area contributed by atoms with Gasteiger partial charge in [-0.15, -0.1) is 0 Å². The maximum absolute atomic E-state index is 5.17. The van der Waals surface area contributed by atoms with Gasteiger partial charge in [-0.1, -0.05) is 24.3 Å². The van der Waals surface area contributed by atoms with Gasteiger partial charge < -0.3 is 15.4 Å². The molecular weight excluding hydrogens is 328 g/mol. The molecule has 0 aliphatic carbocycles. The lowest BCUT2D eigenvalue weighted by molar-refractivity contribution is 0.414. The minimum absolute atomic E-state index is 0.680. The van der Waals surface area contributed by atoms with Gasteiger partial charge in [-0.05, 0) is 35.4 Å². The SMILES string of the molecule is CN=C(NCc1ccc(OC)cc1)NCc1ccc(-n2cncn2)cc1. The molecule has 0 aliphatic rings. The first-order valence-corrected chi connectivity index (χ1v) is 8.30. The average Bonchev–Trinajstić information content (AvgIpc) is 3.24. The molecular formula is C19H22N6O. The second-order valence-electron chi connectivity index (χ2n) is 5.63. The number of benzene rings is 2. The maximum atomic E-state index is 5.17. The molecule has 0 aliphatic heterocycles. The lowest BCUT2D eigenvalue weighted by atomic mass is 10.2.